The van der Waals surface area contributed by atoms with Crippen LogP contribution in [-0.2, 0) is 11.2 Å². The van der Waals surface area contributed by atoms with Crippen LogP contribution in [0.2, 0.25) is 5.02 Å². The van der Waals surface area contributed by atoms with Crippen molar-refractivity contribution in [3.63, 3.8) is 0 Å². The summed E-state index contributed by atoms with van der Waals surface area (Å²) >= 11 is 7.23. The largest absolute Gasteiger partial charge is 0.438 e. The first kappa shape index (κ1) is 22.4. The van der Waals surface area contributed by atoms with Crippen LogP contribution in [0.1, 0.15) is 16.7 Å². The number of carbonyl (C=O) groups excluding carboxylic acids is 1. The van der Waals surface area contributed by atoms with Gasteiger partial charge in [-0.1, -0.05) is 41.6 Å². The fraction of sp³-hybridized carbons (Fsp3) is 0.115. The highest BCUT2D eigenvalue weighted by Gasteiger charge is 2.25. The number of hydrogen-bond donors (Lipinski definition) is 1. The second-order valence-electron chi connectivity index (χ2n) is 7.83. The van der Waals surface area contributed by atoms with Gasteiger partial charge < -0.3 is 10.1 Å². The minimum absolute atomic E-state index is 0.148. The number of thioether (sulfide) groups is 1. The first-order chi connectivity index (χ1) is 16.5. The number of para-hydroxylation sites is 1. The molecule has 1 N–H and O–H groups in total. The highest BCUT2D eigenvalue weighted by molar-refractivity contribution is 8.00. The molecule has 0 radical (unpaired) electrons. The van der Waals surface area contributed by atoms with Crippen molar-refractivity contribution >= 4 is 35.0 Å². The van der Waals surface area contributed by atoms with E-state index in [-0.39, 0.29) is 17.5 Å². The van der Waals surface area contributed by atoms with Crippen molar-refractivity contribution < 1.29 is 13.9 Å². The average Bonchev–Trinajstić information content (AvgIpc) is 2.84. The Bertz CT molecular complexity index is 1380. The summed E-state index contributed by atoms with van der Waals surface area (Å²) in [6.07, 6.45) is 0.594. The van der Waals surface area contributed by atoms with Gasteiger partial charge in [-0.05, 0) is 66.6 Å². The van der Waals surface area contributed by atoms with E-state index in [2.05, 4.69) is 10.3 Å². The first-order valence-electron chi connectivity index (χ1n) is 10.6. The van der Waals surface area contributed by atoms with Gasteiger partial charge in [-0.15, -0.1) is 0 Å². The van der Waals surface area contributed by atoms with E-state index in [4.69, 9.17) is 21.3 Å². The van der Waals surface area contributed by atoms with Crippen LogP contribution >= 0.6 is 23.4 Å². The molecule has 1 aliphatic heterocycles. The molecule has 2 heterocycles. The lowest BCUT2D eigenvalue weighted by atomic mass is 10.0. The minimum Gasteiger partial charge on any atom is -0.438 e. The zero-order valence-electron chi connectivity index (χ0n) is 18.1. The van der Waals surface area contributed by atoms with Crippen LogP contribution in [0.15, 0.2) is 71.8 Å². The fourth-order valence-electron chi connectivity index (χ4n) is 3.68. The van der Waals surface area contributed by atoms with Crippen LogP contribution in [0.25, 0.3) is 11.4 Å². The number of aryl methyl sites for hydroxylation is 1. The Morgan fingerprint density at radius 2 is 1.85 bits per heavy atom. The maximum absolute atomic E-state index is 13.5. The quantitative estimate of drug-likeness (QED) is 0.220. The third-order valence-electron chi connectivity index (χ3n) is 5.36. The summed E-state index contributed by atoms with van der Waals surface area (Å²) in [5.41, 5.74) is 4.21. The molecule has 0 bridgehead atoms. The summed E-state index contributed by atoms with van der Waals surface area (Å²) in [6, 6.07) is 18.9. The molecule has 1 amide bonds. The zero-order valence-corrected chi connectivity index (χ0v) is 19.7. The standard InChI is InChI=1S/C26H19ClFN3O2S/c1-15-3-2-4-17-13-21-25(33-23(15)17)30-24(16-5-9-19(28)10-6-16)31-26(21)34-14-22(32)29-20-11-7-18(27)8-12-20/h2-12H,13-14H2,1H3,(H,29,32). The van der Waals surface area contributed by atoms with E-state index in [0.717, 1.165) is 22.4 Å². The van der Waals surface area contributed by atoms with E-state index in [9.17, 15) is 9.18 Å². The zero-order chi connectivity index (χ0) is 23.7. The number of hydrogen-bond acceptors (Lipinski definition) is 5. The number of ether oxygens (including phenoxy) is 1. The Balaban J connectivity index is 1.45. The molecule has 3 aromatic carbocycles. The molecule has 34 heavy (non-hydrogen) atoms. The number of carbonyl (C=O) groups is 1. The summed E-state index contributed by atoms with van der Waals surface area (Å²) in [4.78, 5) is 22.0. The van der Waals surface area contributed by atoms with E-state index >= 15 is 0 Å². The Morgan fingerprint density at radius 3 is 2.62 bits per heavy atom. The Labute approximate surface area is 205 Å². The molecule has 0 fully saturated rings. The SMILES string of the molecule is Cc1cccc2c1Oc1nc(-c3ccc(F)cc3)nc(SCC(=O)Nc3ccc(Cl)cc3)c1C2. The predicted molar refractivity (Wildman–Crippen MR) is 132 cm³/mol. The van der Waals surface area contributed by atoms with E-state index in [0.29, 0.717) is 39.4 Å². The van der Waals surface area contributed by atoms with Crippen molar-refractivity contribution in [1.82, 2.24) is 9.97 Å². The third kappa shape index (κ3) is 4.76. The average molecular weight is 492 g/mol. The number of benzene rings is 3. The van der Waals surface area contributed by atoms with Gasteiger partial charge >= 0.3 is 0 Å². The second-order valence-corrected chi connectivity index (χ2v) is 9.23. The molecule has 0 saturated heterocycles. The lowest BCUT2D eigenvalue weighted by Gasteiger charge is -2.23. The van der Waals surface area contributed by atoms with Gasteiger partial charge in [0.05, 0.1) is 11.3 Å². The summed E-state index contributed by atoms with van der Waals surface area (Å²) in [5.74, 6) is 1.30. The molecule has 1 aromatic heterocycles. The summed E-state index contributed by atoms with van der Waals surface area (Å²) in [7, 11) is 0. The molecule has 170 valence electrons. The number of nitrogens with one attached hydrogen (secondary N) is 1. The lowest BCUT2D eigenvalue weighted by molar-refractivity contribution is -0.113. The molecule has 0 aliphatic carbocycles. The highest BCUT2D eigenvalue weighted by Crippen LogP contribution is 2.41. The molecule has 1 aliphatic rings. The Hall–Kier alpha value is -3.42. The van der Waals surface area contributed by atoms with Crippen LogP contribution in [0.3, 0.4) is 0 Å². The van der Waals surface area contributed by atoms with Crippen LogP contribution in [0.5, 0.6) is 11.6 Å². The molecule has 0 atom stereocenters. The molecule has 0 unspecified atom stereocenters. The number of halogens is 2. The molecule has 5 nitrogen and oxygen atoms in total. The van der Waals surface area contributed by atoms with Gasteiger partial charge in [-0.25, -0.2) is 9.37 Å². The van der Waals surface area contributed by atoms with Crippen molar-refractivity contribution in [3.05, 3.63) is 94.3 Å². The smallest absolute Gasteiger partial charge is 0.234 e. The van der Waals surface area contributed by atoms with Crippen molar-refractivity contribution in [2.75, 3.05) is 11.1 Å². The minimum atomic E-state index is -0.337. The van der Waals surface area contributed by atoms with Gasteiger partial charge in [0.25, 0.3) is 0 Å². The molecule has 4 aromatic rings. The van der Waals surface area contributed by atoms with E-state index in [1.807, 2.05) is 25.1 Å². The van der Waals surface area contributed by atoms with Gasteiger partial charge in [-0.3, -0.25) is 4.79 Å². The number of fused-ring (bicyclic) bond motifs is 2. The predicted octanol–water partition coefficient (Wildman–Crippen LogP) is 6.67. The van der Waals surface area contributed by atoms with Crippen molar-refractivity contribution in [1.29, 1.82) is 0 Å². The lowest BCUT2D eigenvalue weighted by Crippen LogP contribution is -2.15. The summed E-state index contributed by atoms with van der Waals surface area (Å²) in [5, 5.41) is 4.12. The fourth-order valence-corrected chi connectivity index (χ4v) is 4.63. The number of rotatable bonds is 5. The maximum Gasteiger partial charge on any atom is 0.234 e. The van der Waals surface area contributed by atoms with Crippen molar-refractivity contribution in [2.24, 2.45) is 0 Å². The molecule has 5 rings (SSSR count). The maximum atomic E-state index is 13.5. The molecule has 0 saturated carbocycles. The normalized spacial score (nSPS) is 11.9. The first-order valence-corrected chi connectivity index (χ1v) is 11.9. The van der Waals surface area contributed by atoms with Gasteiger partial charge in [0.2, 0.25) is 11.8 Å². The number of anilines is 1. The highest BCUT2D eigenvalue weighted by atomic mass is 35.5. The van der Waals surface area contributed by atoms with Crippen LogP contribution < -0.4 is 10.1 Å². The van der Waals surface area contributed by atoms with Crippen molar-refractivity contribution in [2.45, 2.75) is 18.4 Å². The van der Waals surface area contributed by atoms with Crippen LogP contribution in [0.4, 0.5) is 10.1 Å². The summed E-state index contributed by atoms with van der Waals surface area (Å²) < 4.78 is 19.7. The Kier molecular flexibility index (Phi) is 6.22. The molecule has 0 spiro atoms. The Morgan fingerprint density at radius 1 is 1.09 bits per heavy atom. The van der Waals surface area contributed by atoms with Crippen LogP contribution in [0, 0.1) is 12.7 Å². The number of nitrogens with zero attached hydrogens (tertiary/aromatic N) is 2. The third-order valence-corrected chi connectivity index (χ3v) is 6.63. The topological polar surface area (TPSA) is 64.1 Å². The number of aromatic nitrogens is 2. The number of amides is 1. The molecular weight excluding hydrogens is 473 g/mol. The van der Waals surface area contributed by atoms with Gasteiger partial charge in [0.15, 0.2) is 5.82 Å². The van der Waals surface area contributed by atoms with E-state index in [1.165, 1.54) is 23.9 Å². The summed E-state index contributed by atoms with van der Waals surface area (Å²) in [6.45, 7) is 1.99. The molecule has 8 heteroatoms. The second kappa shape index (κ2) is 9.44. The monoisotopic (exact) mass is 491 g/mol. The van der Waals surface area contributed by atoms with Gasteiger partial charge in [-0.2, -0.15) is 4.98 Å². The van der Waals surface area contributed by atoms with E-state index in [1.54, 1.807) is 36.4 Å². The van der Waals surface area contributed by atoms with Crippen molar-refractivity contribution in [3.8, 4) is 23.0 Å². The van der Waals surface area contributed by atoms with E-state index < -0.39 is 0 Å². The van der Waals surface area contributed by atoms with Crippen LogP contribution in [-0.4, -0.2) is 21.6 Å². The molecular formula is C26H19ClFN3O2S. The van der Waals surface area contributed by atoms with Gasteiger partial charge in [0.1, 0.15) is 16.6 Å². The van der Waals surface area contributed by atoms with Gasteiger partial charge in [0, 0.05) is 22.7 Å².